The van der Waals surface area contributed by atoms with E-state index in [9.17, 15) is 9.18 Å². The second-order valence-corrected chi connectivity index (χ2v) is 3.69. The molecule has 0 saturated heterocycles. The minimum Gasteiger partial charge on any atom is -0.465 e. The van der Waals surface area contributed by atoms with E-state index in [1.54, 1.807) is 13.2 Å². The van der Waals surface area contributed by atoms with Crippen molar-refractivity contribution in [2.45, 2.75) is 13.0 Å². The van der Waals surface area contributed by atoms with Gasteiger partial charge in [-0.15, -0.1) is 0 Å². The maximum absolute atomic E-state index is 13.3. The summed E-state index contributed by atoms with van der Waals surface area (Å²) in [5.41, 5.74) is 0.568. The summed E-state index contributed by atoms with van der Waals surface area (Å²) in [6.07, 6.45) is 0. The zero-order valence-electron chi connectivity index (χ0n) is 10.1. The maximum atomic E-state index is 13.3. The van der Waals surface area contributed by atoms with Crippen LogP contribution < -0.4 is 5.32 Å². The van der Waals surface area contributed by atoms with Crippen LogP contribution in [-0.4, -0.2) is 32.8 Å². The number of benzene rings is 1. The third-order valence-electron chi connectivity index (χ3n) is 2.20. The van der Waals surface area contributed by atoms with Gasteiger partial charge < -0.3 is 14.8 Å². The Morgan fingerprint density at radius 1 is 1.47 bits per heavy atom. The van der Waals surface area contributed by atoms with E-state index in [-0.39, 0.29) is 11.6 Å². The number of halogens is 1. The lowest BCUT2D eigenvalue weighted by atomic mass is 10.1. The topological polar surface area (TPSA) is 47.6 Å². The summed E-state index contributed by atoms with van der Waals surface area (Å²) in [4.78, 5) is 11.3. The largest absolute Gasteiger partial charge is 0.465 e. The molecule has 0 bridgehead atoms. The van der Waals surface area contributed by atoms with Crippen molar-refractivity contribution in [3.63, 3.8) is 0 Å². The highest BCUT2D eigenvalue weighted by Gasteiger charge is 2.13. The molecule has 1 aromatic carbocycles. The highest BCUT2D eigenvalue weighted by atomic mass is 19.1. The molecule has 0 aliphatic carbocycles. The fraction of sp³-hybridized carbons (Fsp3) is 0.417. The summed E-state index contributed by atoms with van der Waals surface area (Å²) in [5, 5.41) is 3.09. The molecule has 0 fully saturated rings. The summed E-state index contributed by atoms with van der Waals surface area (Å²) >= 11 is 0. The van der Waals surface area contributed by atoms with Gasteiger partial charge in [-0.3, -0.25) is 0 Å². The van der Waals surface area contributed by atoms with Gasteiger partial charge in [0.2, 0.25) is 0 Å². The zero-order valence-corrected chi connectivity index (χ0v) is 10.1. The molecule has 1 N–H and O–H groups in total. The minimum atomic E-state index is -0.689. The second-order valence-electron chi connectivity index (χ2n) is 3.69. The molecule has 0 amide bonds. The van der Waals surface area contributed by atoms with Crippen LogP contribution in [-0.2, 0) is 9.47 Å². The molecule has 0 aliphatic rings. The Morgan fingerprint density at radius 3 is 2.76 bits per heavy atom. The summed E-state index contributed by atoms with van der Waals surface area (Å²) in [6, 6.07) is 4.28. The third-order valence-corrected chi connectivity index (χ3v) is 2.20. The molecule has 94 valence electrons. The lowest BCUT2D eigenvalue weighted by Crippen LogP contribution is -2.21. The van der Waals surface area contributed by atoms with Gasteiger partial charge in [-0.05, 0) is 25.1 Å². The molecular formula is C12H16FNO3. The monoisotopic (exact) mass is 241 g/mol. The van der Waals surface area contributed by atoms with Gasteiger partial charge >= 0.3 is 5.97 Å². The minimum absolute atomic E-state index is 0.0657. The van der Waals surface area contributed by atoms with Crippen molar-refractivity contribution in [3.05, 3.63) is 29.6 Å². The summed E-state index contributed by atoms with van der Waals surface area (Å²) in [5.74, 6) is -1.28. The van der Waals surface area contributed by atoms with Crippen molar-refractivity contribution in [1.82, 2.24) is 0 Å². The average molecular weight is 241 g/mol. The fourth-order valence-corrected chi connectivity index (χ4v) is 1.46. The first-order valence-electron chi connectivity index (χ1n) is 5.21. The van der Waals surface area contributed by atoms with Gasteiger partial charge in [0.15, 0.2) is 0 Å². The Morgan fingerprint density at radius 2 is 2.18 bits per heavy atom. The molecule has 1 atom stereocenters. The first-order valence-corrected chi connectivity index (χ1v) is 5.21. The first kappa shape index (κ1) is 13.4. The SMILES string of the molecule is COCC(C)Nc1ccc(F)c(C(=O)OC)c1. The molecule has 1 aromatic rings. The molecule has 0 radical (unpaired) electrons. The molecule has 4 nitrogen and oxygen atoms in total. The zero-order chi connectivity index (χ0) is 12.8. The molecule has 0 spiro atoms. The van der Waals surface area contributed by atoms with Crippen molar-refractivity contribution in [3.8, 4) is 0 Å². The first-order chi connectivity index (χ1) is 8.08. The molecular weight excluding hydrogens is 225 g/mol. The van der Waals surface area contributed by atoms with Crippen LogP contribution in [0.25, 0.3) is 0 Å². The number of ether oxygens (including phenoxy) is 2. The molecule has 0 aromatic heterocycles. The number of hydrogen-bond acceptors (Lipinski definition) is 4. The van der Waals surface area contributed by atoms with E-state index in [2.05, 4.69) is 10.1 Å². The van der Waals surface area contributed by atoms with Crippen molar-refractivity contribution < 1.29 is 18.7 Å². The highest BCUT2D eigenvalue weighted by molar-refractivity contribution is 5.90. The van der Waals surface area contributed by atoms with E-state index in [0.717, 1.165) is 0 Å². The molecule has 0 heterocycles. The van der Waals surface area contributed by atoms with E-state index in [1.807, 2.05) is 6.92 Å². The number of hydrogen-bond donors (Lipinski definition) is 1. The average Bonchev–Trinajstić information content (AvgIpc) is 2.31. The van der Waals surface area contributed by atoms with Crippen LogP contribution in [0.5, 0.6) is 0 Å². The number of carbonyl (C=O) groups excluding carboxylic acids is 1. The smallest absolute Gasteiger partial charge is 0.340 e. The van der Waals surface area contributed by atoms with Gasteiger partial charge in [0.1, 0.15) is 5.82 Å². The molecule has 1 unspecified atom stereocenters. The van der Waals surface area contributed by atoms with Crippen molar-refractivity contribution in [2.75, 3.05) is 26.1 Å². The van der Waals surface area contributed by atoms with E-state index in [1.165, 1.54) is 19.2 Å². The Balaban J connectivity index is 2.85. The van der Waals surface area contributed by atoms with Crippen LogP contribution >= 0.6 is 0 Å². The van der Waals surface area contributed by atoms with Crippen LogP contribution in [0.2, 0.25) is 0 Å². The highest BCUT2D eigenvalue weighted by Crippen LogP contribution is 2.16. The summed E-state index contributed by atoms with van der Waals surface area (Å²) < 4.78 is 22.8. The standard InChI is InChI=1S/C12H16FNO3/c1-8(7-16-2)14-9-4-5-11(13)10(6-9)12(15)17-3/h4-6,8,14H,7H2,1-3H3. The Hall–Kier alpha value is -1.62. The number of esters is 1. The fourth-order valence-electron chi connectivity index (χ4n) is 1.46. The van der Waals surface area contributed by atoms with Gasteiger partial charge in [-0.2, -0.15) is 0 Å². The number of methoxy groups -OCH3 is 2. The van der Waals surface area contributed by atoms with E-state index in [0.29, 0.717) is 12.3 Å². The lowest BCUT2D eigenvalue weighted by molar-refractivity contribution is 0.0595. The van der Waals surface area contributed by atoms with Crippen LogP contribution in [0.4, 0.5) is 10.1 Å². The van der Waals surface area contributed by atoms with E-state index < -0.39 is 11.8 Å². The Labute approximate surface area is 99.7 Å². The predicted molar refractivity (Wildman–Crippen MR) is 62.7 cm³/mol. The summed E-state index contributed by atoms with van der Waals surface area (Å²) in [6.45, 7) is 2.44. The van der Waals surface area contributed by atoms with Gasteiger partial charge in [-0.25, -0.2) is 9.18 Å². The third kappa shape index (κ3) is 3.71. The maximum Gasteiger partial charge on any atom is 0.340 e. The second kappa shape index (κ2) is 6.20. The predicted octanol–water partition coefficient (Wildman–Crippen LogP) is 2.06. The molecule has 0 aliphatic heterocycles. The van der Waals surface area contributed by atoms with Crippen molar-refractivity contribution >= 4 is 11.7 Å². The quantitative estimate of drug-likeness (QED) is 0.801. The normalized spacial score (nSPS) is 12.0. The molecule has 17 heavy (non-hydrogen) atoms. The number of nitrogens with one attached hydrogen (secondary N) is 1. The molecule has 1 rings (SSSR count). The van der Waals surface area contributed by atoms with Gasteiger partial charge in [0, 0.05) is 18.8 Å². The molecule has 5 heteroatoms. The van der Waals surface area contributed by atoms with Crippen LogP contribution in [0, 0.1) is 5.82 Å². The van der Waals surface area contributed by atoms with Gasteiger partial charge in [0.05, 0.1) is 19.3 Å². The number of rotatable bonds is 5. The Kier molecular flexibility index (Phi) is 4.90. The van der Waals surface area contributed by atoms with Crippen LogP contribution in [0.1, 0.15) is 17.3 Å². The number of anilines is 1. The lowest BCUT2D eigenvalue weighted by Gasteiger charge is -2.14. The van der Waals surface area contributed by atoms with Crippen molar-refractivity contribution in [1.29, 1.82) is 0 Å². The number of carbonyl (C=O) groups is 1. The van der Waals surface area contributed by atoms with Crippen LogP contribution in [0.3, 0.4) is 0 Å². The van der Waals surface area contributed by atoms with Crippen LogP contribution in [0.15, 0.2) is 18.2 Å². The van der Waals surface area contributed by atoms with Gasteiger partial charge in [0.25, 0.3) is 0 Å². The van der Waals surface area contributed by atoms with E-state index >= 15 is 0 Å². The Bertz CT molecular complexity index is 395. The summed E-state index contributed by atoms with van der Waals surface area (Å²) in [7, 11) is 2.82. The van der Waals surface area contributed by atoms with Gasteiger partial charge in [-0.1, -0.05) is 0 Å². The van der Waals surface area contributed by atoms with E-state index in [4.69, 9.17) is 4.74 Å². The molecule has 0 saturated carbocycles. The van der Waals surface area contributed by atoms with Crippen molar-refractivity contribution in [2.24, 2.45) is 0 Å².